The largest absolute Gasteiger partial charge is 0.396 e. The van der Waals surface area contributed by atoms with Gasteiger partial charge in [-0.25, -0.2) is 0 Å². The number of unbranched alkanes of at least 4 members (excludes halogenated alkanes) is 1. The van der Waals surface area contributed by atoms with Crippen LogP contribution in [-0.2, 0) is 13.0 Å². The summed E-state index contributed by atoms with van der Waals surface area (Å²) in [6.45, 7) is 9.83. The van der Waals surface area contributed by atoms with E-state index in [4.69, 9.17) is 9.63 Å². The van der Waals surface area contributed by atoms with Crippen molar-refractivity contribution in [2.75, 3.05) is 19.7 Å². The highest BCUT2D eigenvalue weighted by Gasteiger charge is 2.16. The summed E-state index contributed by atoms with van der Waals surface area (Å²) in [6, 6.07) is 10.4. The first-order valence-electron chi connectivity index (χ1n) is 10.0. The molecule has 0 aliphatic carbocycles. The van der Waals surface area contributed by atoms with E-state index in [1.165, 1.54) is 16.0 Å². The van der Waals surface area contributed by atoms with Crippen LogP contribution in [0, 0.1) is 6.92 Å². The molecular formula is C22H29N3O2S. The molecule has 0 fully saturated rings. The lowest BCUT2D eigenvalue weighted by Crippen LogP contribution is -2.21. The van der Waals surface area contributed by atoms with E-state index in [2.05, 4.69) is 54.0 Å². The molecule has 5 nitrogen and oxygen atoms in total. The molecule has 0 spiro atoms. The number of hydrogen-bond acceptors (Lipinski definition) is 6. The third-order valence-corrected chi connectivity index (χ3v) is 6.21. The third kappa shape index (κ3) is 5.07. The molecule has 2 aromatic heterocycles. The van der Waals surface area contributed by atoms with Crippen LogP contribution in [-0.4, -0.2) is 39.8 Å². The minimum Gasteiger partial charge on any atom is -0.396 e. The first-order chi connectivity index (χ1) is 13.6. The van der Waals surface area contributed by atoms with Crippen LogP contribution in [0.1, 0.15) is 42.7 Å². The summed E-state index contributed by atoms with van der Waals surface area (Å²) in [5, 5.41) is 13.1. The van der Waals surface area contributed by atoms with Crippen molar-refractivity contribution < 1.29 is 9.63 Å². The number of hydrogen-bond donors (Lipinski definition) is 1. The van der Waals surface area contributed by atoms with Crippen molar-refractivity contribution in [3.8, 4) is 22.2 Å². The van der Waals surface area contributed by atoms with Crippen LogP contribution in [0.15, 0.2) is 34.9 Å². The summed E-state index contributed by atoms with van der Waals surface area (Å²) in [5.41, 5.74) is 3.49. The lowest BCUT2D eigenvalue weighted by atomic mass is 10.1. The highest BCUT2D eigenvalue weighted by molar-refractivity contribution is 7.15. The number of aliphatic hydroxyl groups excluding tert-OH is 1. The average molecular weight is 400 g/mol. The van der Waals surface area contributed by atoms with E-state index < -0.39 is 0 Å². The first-order valence-corrected chi connectivity index (χ1v) is 10.8. The van der Waals surface area contributed by atoms with Crippen molar-refractivity contribution in [1.82, 2.24) is 15.0 Å². The molecule has 0 amide bonds. The maximum atomic E-state index is 8.89. The van der Waals surface area contributed by atoms with Gasteiger partial charge in [0.2, 0.25) is 5.82 Å². The van der Waals surface area contributed by atoms with Crippen molar-refractivity contribution in [3.63, 3.8) is 0 Å². The van der Waals surface area contributed by atoms with Crippen LogP contribution in [0.25, 0.3) is 22.2 Å². The minimum atomic E-state index is 0.253. The number of thiophene rings is 1. The fourth-order valence-corrected chi connectivity index (χ4v) is 4.27. The number of nitrogens with zero attached hydrogens (tertiary/aromatic N) is 3. The Hall–Kier alpha value is -2.02. The standard InChI is InChI=1S/C22H29N3O2S/c1-4-25(5-2)15-20-16(3)14-19(28-20)22-23-21(24-27-22)18-11-9-17(10-12-18)8-6-7-13-26/h9-12,14,26H,4-8,13,15H2,1-3H3. The van der Waals surface area contributed by atoms with Gasteiger partial charge >= 0.3 is 0 Å². The van der Waals surface area contributed by atoms with Gasteiger partial charge < -0.3 is 9.63 Å². The Morgan fingerprint density at radius 1 is 1.11 bits per heavy atom. The second-order valence-electron chi connectivity index (χ2n) is 6.98. The zero-order valence-electron chi connectivity index (χ0n) is 16.9. The van der Waals surface area contributed by atoms with E-state index >= 15 is 0 Å². The zero-order valence-corrected chi connectivity index (χ0v) is 17.8. The number of aryl methyl sites for hydroxylation is 2. The predicted octanol–water partition coefficient (Wildman–Crippen LogP) is 4.93. The fraction of sp³-hybridized carbons (Fsp3) is 0.455. The van der Waals surface area contributed by atoms with Crippen LogP contribution < -0.4 is 0 Å². The van der Waals surface area contributed by atoms with Crippen molar-refractivity contribution >= 4 is 11.3 Å². The summed E-state index contributed by atoms with van der Waals surface area (Å²) in [6.07, 6.45) is 2.81. The predicted molar refractivity (Wildman–Crippen MR) is 114 cm³/mol. The van der Waals surface area contributed by atoms with E-state index in [0.717, 1.165) is 49.3 Å². The molecule has 1 aromatic carbocycles. The van der Waals surface area contributed by atoms with Gasteiger partial charge in [-0.2, -0.15) is 4.98 Å². The molecule has 0 saturated heterocycles. The van der Waals surface area contributed by atoms with Gasteiger partial charge in [0.25, 0.3) is 5.89 Å². The maximum absolute atomic E-state index is 8.89. The van der Waals surface area contributed by atoms with E-state index in [-0.39, 0.29) is 6.61 Å². The van der Waals surface area contributed by atoms with Gasteiger partial charge in [0.15, 0.2) is 0 Å². The second-order valence-corrected chi connectivity index (χ2v) is 8.12. The number of rotatable bonds is 10. The number of aliphatic hydroxyl groups is 1. The van der Waals surface area contributed by atoms with Crippen molar-refractivity contribution in [2.45, 2.75) is 46.6 Å². The van der Waals surface area contributed by atoms with Crippen molar-refractivity contribution in [2.24, 2.45) is 0 Å². The van der Waals surface area contributed by atoms with Crippen LogP contribution in [0.2, 0.25) is 0 Å². The Kier molecular flexibility index (Phi) is 7.36. The first kappa shape index (κ1) is 20.7. The molecule has 3 aromatic rings. The topological polar surface area (TPSA) is 62.4 Å². The monoisotopic (exact) mass is 399 g/mol. The van der Waals surface area contributed by atoms with Crippen LogP contribution in [0.3, 0.4) is 0 Å². The Morgan fingerprint density at radius 3 is 2.54 bits per heavy atom. The summed E-state index contributed by atoms with van der Waals surface area (Å²) in [7, 11) is 0. The lowest BCUT2D eigenvalue weighted by molar-refractivity contribution is 0.284. The van der Waals surface area contributed by atoms with Gasteiger partial charge in [0.1, 0.15) is 0 Å². The SMILES string of the molecule is CCN(CC)Cc1sc(-c2nc(-c3ccc(CCCCO)cc3)no2)cc1C. The molecule has 0 saturated carbocycles. The molecule has 0 aliphatic rings. The van der Waals surface area contributed by atoms with Crippen molar-refractivity contribution in [1.29, 1.82) is 0 Å². The van der Waals surface area contributed by atoms with E-state index in [9.17, 15) is 0 Å². The summed E-state index contributed by atoms with van der Waals surface area (Å²) in [4.78, 5) is 9.40. The lowest BCUT2D eigenvalue weighted by Gasteiger charge is -2.17. The third-order valence-electron chi connectivity index (χ3n) is 5.00. The van der Waals surface area contributed by atoms with Crippen LogP contribution in [0.5, 0.6) is 0 Å². The Morgan fingerprint density at radius 2 is 1.86 bits per heavy atom. The van der Waals surface area contributed by atoms with Gasteiger partial charge in [-0.15, -0.1) is 11.3 Å². The number of aromatic nitrogens is 2. The quantitative estimate of drug-likeness (QED) is 0.490. The Bertz CT molecular complexity index is 866. The number of benzene rings is 1. The molecule has 1 N–H and O–H groups in total. The average Bonchev–Trinajstić information content (AvgIpc) is 3.34. The molecule has 0 bridgehead atoms. The van der Waals surface area contributed by atoms with Gasteiger partial charge in [0, 0.05) is 23.6 Å². The fourth-order valence-electron chi connectivity index (χ4n) is 3.13. The smallest absolute Gasteiger partial charge is 0.268 e. The molecule has 6 heteroatoms. The Labute approximate surface area is 171 Å². The van der Waals surface area contributed by atoms with E-state index in [1.807, 2.05) is 12.1 Å². The van der Waals surface area contributed by atoms with Crippen LogP contribution in [0.4, 0.5) is 0 Å². The Balaban J connectivity index is 1.72. The molecular weight excluding hydrogens is 370 g/mol. The van der Waals surface area contributed by atoms with E-state index in [0.29, 0.717) is 11.7 Å². The maximum Gasteiger partial charge on any atom is 0.268 e. The van der Waals surface area contributed by atoms with Crippen molar-refractivity contribution in [3.05, 3.63) is 46.3 Å². The molecule has 0 aliphatic heterocycles. The molecule has 0 unspecified atom stereocenters. The highest BCUT2D eigenvalue weighted by atomic mass is 32.1. The molecule has 28 heavy (non-hydrogen) atoms. The minimum absolute atomic E-state index is 0.253. The van der Waals surface area contributed by atoms with Gasteiger partial charge in [-0.1, -0.05) is 43.3 Å². The summed E-state index contributed by atoms with van der Waals surface area (Å²) < 4.78 is 5.55. The van der Waals surface area contributed by atoms with E-state index in [1.54, 1.807) is 11.3 Å². The second kappa shape index (κ2) is 9.96. The van der Waals surface area contributed by atoms with Crippen LogP contribution >= 0.6 is 11.3 Å². The summed E-state index contributed by atoms with van der Waals surface area (Å²) in [5.74, 6) is 1.20. The van der Waals surface area contributed by atoms with Gasteiger partial charge in [-0.05, 0) is 56.5 Å². The zero-order chi connectivity index (χ0) is 19.9. The molecule has 0 radical (unpaired) electrons. The van der Waals surface area contributed by atoms with Gasteiger partial charge in [0.05, 0.1) is 4.88 Å². The normalized spacial score (nSPS) is 11.5. The highest BCUT2D eigenvalue weighted by Crippen LogP contribution is 2.32. The van der Waals surface area contributed by atoms with Gasteiger partial charge in [-0.3, -0.25) is 4.90 Å². The molecule has 0 atom stereocenters. The molecule has 3 rings (SSSR count). The molecule has 150 valence electrons. The molecule has 2 heterocycles. The summed E-state index contributed by atoms with van der Waals surface area (Å²) >= 11 is 1.74.